The number of hydrogen-bond acceptors (Lipinski definition) is 5. The maximum absolute atomic E-state index is 11.9. The number of alkyl halides is 3. The summed E-state index contributed by atoms with van der Waals surface area (Å²) in [6, 6.07) is 3.89. The van der Waals surface area contributed by atoms with Crippen molar-refractivity contribution in [3.63, 3.8) is 0 Å². The number of pyridine rings is 1. The Morgan fingerprint density at radius 2 is 2.20 bits per heavy atom. The van der Waals surface area contributed by atoms with Crippen LogP contribution in [0.1, 0.15) is 5.69 Å². The Morgan fingerprint density at radius 1 is 1.50 bits per heavy atom. The zero-order valence-electron chi connectivity index (χ0n) is 9.72. The van der Waals surface area contributed by atoms with Gasteiger partial charge in [0.1, 0.15) is 11.5 Å². The molecule has 1 heterocycles. The van der Waals surface area contributed by atoms with E-state index in [2.05, 4.69) is 20.3 Å². The molecule has 1 amide bonds. The lowest BCUT2D eigenvalue weighted by Gasteiger charge is -2.06. The highest BCUT2D eigenvalue weighted by molar-refractivity contribution is 6.41. The van der Waals surface area contributed by atoms with E-state index in [9.17, 15) is 22.8 Å². The largest absolute Gasteiger partial charge is 0.476 e. The number of amides is 1. The molecule has 1 rings (SSSR count). The summed E-state index contributed by atoms with van der Waals surface area (Å²) >= 11 is 0. The van der Waals surface area contributed by atoms with Gasteiger partial charge >= 0.3 is 12.1 Å². The Balaban J connectivity index is 2.96. The average Bonchev–Trinajstić information content (AvgIpc) is 2.33. The number of nitrogens with one attached hydrogen (secondary N) is 1. The predicted octanol–water partition coefficient (Wildman–Crippen LogP) is 1.02. The number of carboxylic acids is 1. The van der Waals surface area contributed by atoms with Crippen molar-refractivity contribution < 1.29 is 32.7 Å². The van der Waals surface area contributed by atoms with Crippen LogP contribution in [0.25, 0.3) is 0 Å². The standard InChI is InChI=1S/C10H8F3N3O4/c11-10(12,13)4-20-16-8(9(18)19)6-2-1-3-7(15-6)14-5-17/h1-3,5H,4H2,(H,18,19)(H,14,15,17)/b16-8-. The van der Waals surface area contributed by atoms with Crippen LogP contribution in [0.4, 0.5) is 19.0 Å². The van der Waals surface area contributed by atoms with Gasteiger partial charge in [-0.15, -0.1) is 0 Å². The molecule has 0 radical (unpaired) electrons. The van der Waals surface area contributed by atoms with Crippen LogP contribution in [0.2, 0.25) is 0 Å². The van der Waals surface area contributed by atoms with Gasteiger partial charge in [0.15, 0.2) is 0 Å². The molecule has 0 saturated heterocycles. The van der Waals surface area contributed by atoms with Crippen LogP contribution in [0.3, 0.4) is 0 Å². The summed E-state index contributed by atoms with van der Waals surface area (Å²) in [6.45, 7) is -1.73. The number of oxime groups is 1. The molecule has 0 bridgehead atoms. The fraction of sp³-hybridized carbons (Fsp3) is 0.200. The summed E-state index contributed by atoms with van der Waals surface area (Å²) < 4.78 is 35.6. The molecule has 1 aromatic rings. The van der Waals surface area contributed by atoms with Gasteiger partial charge in [-0.2, -0.15) is 13.2 Å². The smallest absolute Gasteiger partial charge is 0.425 e. The maximum atomic E-state index is 11.9. The Bertz CT molecular complexity index is 531. The van der Waals surface area contributed by atoms with Gasteiger partial charge in [0, 0.05) is 0 Å². The van der Waals surface area contributed by atoms with Crippen LogP contribution in [-0.2, 0) is 14.4 Å². The molecular weight excluding hydrogens is 283 g/mol. The van der Waals surface area contributed by atoms with Gasteiger partial charge in [0.25, 0.3) is 0 Å². The molecule has 0 aliphatic rings. The molecule has 0 spiro atoms. The lowest BCUT2D eigenvalue weighted by atomic mass is 10.2. The van der Waals surface area contributed by atoms with Crippen molar-refractivity contribution in [2.24, 2.45) is 5.16 Å². The van der Waals surface area contributed by atoms with E-state index in [4.69, 9.17) is 5.11 Å². The number of rotatable bonds is 6. The van der Waals surface area contributed by atoms with Crippen molar-refractivity contribution in [2.45, 2.75) is 6.18 Å². The SMILES string of the molecule is O=CNc1cccc(/C(=N/OCC(F)(F)F)C(=O)O)n1. The summed E-state index contributed by atoms with van der Waals surface area (Å²) in [6.07, 6.45) is -4.33. The van der Waals surface area contributed by atoms with Gasteiger partial charge in [-0.05, 0) is 12.1 Å². The minimum atomic E-state index is -4.64. The van der Waals surface area contributed by atoms with Crippen molar-refractivity contribution in [2.75, 3.05) is 11.9 Å². The first-order valence-corrected chi connectivity index (χ1v) is 5.01. The Morgan fingerprint density at radius 3 is 2.75 bits per heavy atom. The van der Waals surface area contributed by atoms with Crippen molar-refractivity contribution in [3.05, 3.63) is 23.9 Å². The van der Waals surface area contributed by atoms with Gasteiger partial charge < -0.3 is 15.3 Å². The maximum Gasteiger partial charge on any atom is 0.425 e. The highest BCUT2D eigenvalue weighted by atomic mass is 19.4. The molecule has 0 aromatic carbocycles. The monoisotopic (exact) mass is 291 g/mol. The van der Waals surface area contributed by atoms with Gasteiger partial charge in [0.2, 0.25) is 18.7 Å². The average molecular weight is 291 g/mol. The molecule has 0 aliphatic carbocycles. The van der Waals surface area contributed by atoms with Crippen LogP contribution in [0.5, 0.6) is 0 Å². The summed E-state index contributed by atoms with van der Waals surface area (Å²) in [5.74, 6) is -1.61. The second kappa shape index (κ2) is 6.50. The molecule has 1 aromatic heterocycles. The number of aliphatic carboxylic acids is 1. The summed E-state index contributed by atoms with van der Waals surface area (Å²) in [4.78, 5) is 28.7. The number of anilines is 1. The van der Waals surface area contributed by atoms with Crippen LogP contribution < -0.4 is 5.32 Å². The number of halogens is 3. The van der Waals surface area contributed by atoms with E-state index in [1.165, 1.54) is 18.2 Å². The van der Waals surface area contributed by atoms with Crippen molar-refractivity contribution in [1.82, 2.24) is 4.98 Å². The Labute approximate surface area is 110 Å². The van der Waals surface area contributed by atoms with E-state index in [0.29, 0.717) is 6.41 Å². The number of hydrogen-bond donors (Lipinski definition) is 2. The normalized spacial score (nSPS) is 11.8. The molecule has 0 unspecified atom stereocenters. The van der Waals surface area contributed by atoms with Gasteiger partial charge in [-0.1, -0.05) is 11.2 Å². The third kappa shape index (κ3) is 4.92. The first-order chi connectivity index (χ1) is 9.33. The molecule has 2 N–H and O–H groups in total. The molecule has 0 saturated carbocycles. The van der Waals surface area contributed by atoms with E-state index in [1.807, 2.05) is 0 Å². The van der Waals surface area contributed by atoms with Crippen molar-refractivity contribution >= 4 is 23.9 Å². The summed E-state index contributed by atoms with van der Waals surface area (Å²) in [5.41, 5.74) is -1.07. The third-order valence-corrected chi connectivity index (χ3v) is 1.79. The summed E-state index contributed by atoms with van der Waals surface area (Å²) in [7, 11) is 0. The molecular formula is C10H8F3N3O4. The first-order valence-electron chi connectivity index (χ1n) is 5.01. The third-order valence-electron chi connectivity index (χ3n) is 1.79. The quantitative estimate of drug-likeness (QED) is 0.463. The molecule has 108 valence electrons. The first kappa shape index (κ1) is 15.4. The number of aromatic nitrogens is 1. The number of carbonyl (C=O) groups is 2. The van der Waals surface area contributed by atoms with Crippen LogP contribution >= 0.6 is 0 Å². The number of carbonyl (C=O) groups excluding carboxylic acids is 1. The van der Waals surface area contributed by atoms with Crippen LogP contribution in [0.15, 0.2) is 23.4 Å². The van der Waals surface area contributed by atoms with E-state index in [0.717, 1.165) is 0 Å². The molecule has 20 heavy (non-hydrogen) atoms. The van der Waals surface area contributed by atoms with Crippen molar-refractivity contribution in [1.29, 1.82) is 0 Å². The zero-order chi connectivity index (χ0) is 15.2. The molecule has 0 fully saturated rings. The van der Waals surface area contributed by atoms with E-state index in [1.54, 1.807) is 0 Å². The summed E-state index contributed by atoms with van der Waals surface area (Å²) in [5, 5.41) is 13.9. The molecule has 0 aliphatic heterocycles. The number of nitrogens with zero attached hydrogens (tertiary/aromatic N) is 2. The minimum absolute atomic E-state index is 0.0160. The Kier molecular flexibility index (Phi) is 5.01. The van der Waals surface area contributed by atoms with Gasteiger partial charge in [-0.25, -0.2) is 9.78 Å². The fourth-order valence-corrected chi connectivity index (χ4v) is 1.07. The van der Waals surface area contributed by atoms with E-state index >= 15 is 0 Å². The topological polar surface area (TPSA) is 101 Å². The Hall–Kier alpha value is -2.65. The highest BCUT2D eigenvalue weighted by Crippen LogP contribution is 2.15. The second-order valence-electron chi connectivity index (χ2n) is 3.30. The van der Waals surface area contributed by atoms with Crippen molar-refractivity contribution in [3.8, 4) is 0 Å². The van der Waals surface area contributed by atoms with E-state index in [-0.39, 0.29) is 11.5 Å². The van der Waals surface area contributed by atoms with Gasteiger partial charge in [0.05, 0.1) is 0 Å². The fourth-order valence-electron chi connectivity index (χ4n) is 1.07. The molecule has 10 heteroatoms. The minimum Gasteiger partial charge on any atom is -0.476 e. The number of carboxylic acid groups (broad SMARTS) is 1. The second-order valence-corrected chi connectivity index (χ2v) is 3.30. The van der Waals surface area contributed by atoms with Crippen LogP contribution in [-0.4, -0.2) is 41.0 Å². The lowest BCUT2D eigenvalue weighted by molar-refractivity contribution is -0.174. The predicted molar refractivity (Wildman–Crippen MR) is 60.1 cm³/mol. The molecule has 0 atom stereocenters. The highest BCUT2D eigenvalue weighted by Gasteiger charge is 2.29. The zero-order valence-corrected chi connectivity index (χ0v) is 9.72. The van der Waals surface area contributed by atoms with Crippen LogP contribution in [0, 0.1) is 0 Å². The van der Waals surface area contributed by atoms with Gasteiger partial charge in [-0.3, -0.25) is 4.79 Å². The van der Waals surface area contributed by atoms with E-state index < -0.39 is 24.5 Å². The lowest BCUT2D eigenvalue weighted by Crippen LogP contribution is -2.20. The molecule has 7 nitrogen and oxygen atoms in total.